The number of aliphatic carboxylic acids is 1. The molecular weight excluding hydrogens is 118 g/mol. The molecular formula is C6H15NO2. The van der Waals surface area contributed by atoms with Crippen LogP contribution in [0, 0.1) is 0 Å². The standard InChI is InChI=1S/C4H11N.C2H4O2/c1-3-4-5-2;1-2(3)4/h5H,3-4H2,1-2H3;1H3,(H,3,4). The van der Waals surface area contributed by atoms with E-state index in [9.17, 15) is 0 Å². The second kappa shape index (κ2) is 10.4. The lowest BCUT2D eigenvalue weighted by Gasteiger charge is -1.84. The van der Waals surface area contributed by atoms with Crippen LogP contribution in [0.2, 0.25) is 0 Å². The average molecular weight is 133 g/mol. The Balaban J connectivity index is 0. The zero-order chi connectivity index (χ0) is 7.70. The third-order valence-corrected chi connectivity index (χ3v) is 0.500. The summed E-state index contributed by atoms with van der Waals surface area (Å²) < 4.78 is 0. The molecule has 0 fully saturated rings. The van der Waals surface area contributed by atoms with Crippen molar-refractivity contribution in [2.45, 2.75) is 20.3 Å². The highest BCUT2D eigenvalue weighted by molar-refractivity contribution is 5.62. The Kier molecular flexibility index (Phi) is 13.0. The fourth-order valence-corrected chi connectivity index (χ4v) is 0.250. The molecule has 0 radical (unpaired) electrons. The van der Waals surface area contributed by atoms with Gasteiger partial charge < -0.3 is 10.4 Å². The van der Waals surface area contributed by atoms with Crippen LogP contribution < -0.4 is 5.32 Å². The Morgan fingerprint density at radius 3 is 2.00 bits per heavy atom. The Labute approximate surface area is 56.1 Å². The largest absolute Gasteiger partial charge is 0.481 e. The minimum absolute atomic E-state index is 0.833. The Bertz CT molecular complexity index is 58.1. The lowest BCUT2D eigenvalue weighted by Crippen LogP contribution is -2.04. The summed E-state index contributed by atoms with van der Waals surface area (Å²) in [5.74, 6) is -0.833. The summed E-state index contributed by atoms with van der Waals surface area (Å²) in [6.07, 6.45) is 1.23. The average Bonchev–Trinajstić information content (AvgIpc) is 1.66. The van der Waals surface area contributed by atoms with E-state index in [2.05, 4.69) is 12.2 Å². The first-order valence-corrected chi connectivity index (χ1v) is 2.99. The van der Waals surface area contributed by atoms with Crippen LogP contribution in [-0.2, 0) is 4.79 Å². The summed E-state index contributed by atoms with van der Waals surface area (Å²) in [5.41, 5.74) is 0. The van der Waals surface area contributed by atoms with Crippen molar-refractivity contribution >= 4 is 5.97 Å². The molecule has 56 valence electrons. The van der Waals surface area contributed by atoms with Crippen LogP contribution in [0.25, 0.3) is 0 Å². The monoisotopic (exact) mass is 133 g/mol. The maximum atomic E-state index is 9.00. The van der Waals surface area contributed by atoms with Crippen molar-refractivity contribution in [3.8, 4) is 0 Å². The molecule has 0 aliphatic rings. The summed E-state index contributed by atoms with van der Waals surface area (Å²) in [5, 5.41) is 10.4. The molecule has 3 nitrogen and oxygen atoms in total. The number of carboxylic acids is 1. The molecule has 0 saturated carbocycles. The fraction of sp³-hybridized carbons (Fsp3) is 0.833. The molecule has 0 rings (SSSR count). The van der Waals surface area contributed by atoms with Crippen molar-refractivity contribution in [3.63, 3.8) is 0 Å². The van der Waals surface area contributed by atoms with Gasteiger partial charge in [-0.05, 0) is 20.0 Å². The summed E-state index contributed by atoms with van der Waals surface area (Å²) in [7, 11) is 1.96. The molecule has 0 heterocycles. The van der Waals surface area contributed by atoms with Crippen LogP contribution in [0.15, 0.2) is 0 Å². The second-order valence-electron chi connectivity index (χ2n) is 1.62. The Morgan fingerprint density at radius 1 is 1.67 bits per heavy atom. The van der Waals surface area contributed by atoms with Crippen LogP contribution in [-0.4, -0.2) is 24.7 Å². The van der Waals surface area contributed by atoms with Crippen LogP contribution in [0.5, 0.6) is 0 Å². The molecule has 0 aliphatic carbocycles. The van der Waals surface area contributed by atoms with Gasteiger partial charge >= 0.3 is 0 Å². The third kappa shape index (κ3) is 107. The quantitative estimate of drug-likeness (QED) is 0.583. The summed E-state index contributed by atoms with van der Waals surface area (Å²) in [4.78, 5) is 9.00. The normalized spacial score (nSPS) is 7.44. The van der Waals surface area contributed by atoms with E-state index >= 15 is 0 Å². The van der Waals surface area contributed by atoms with E-state index in [1.165, 1.54) is 6.42 Å². The zero-order valence-corrected chi connectivity index (χ0v) is 6.27. The van der Waals surface area contributed by atoms with Gasteiger partial charge in [0.15, 0.2) is 0 Å². The fourth-order valence-electron chi connectivity index (χ4n) is 0.250. The van der Waals surface area contributed by atoms with E-state index in [1.807, 2.05) is 7.05 Å². The molecule has 0 unspecified atom stereocenters. The van der Waals surface area contributed by atoms with Gasteiger partial charge in [-0.3, -0.25) is 4.79 Å². The first kappa shape index (κ1) is 11.3. The van der Waals surface area contributed by atoms with Crippen molar-refractivity contribution in [1.82, 2.24) is 5.32 Å². The Hall–Kier alpha value is -0.570. The number of carbonyl (C=O) groups is 1. The molecule has 0 spiro atoms. The highest BCUT2D eigenvalue weighted by Crippen LogP contribution is 1.62. The molecule has 0 bridgehead atoms. The lowest BCUT2D eigenvalue weighted by molar-refractivity contribution is -0.134. The summed E-state index contributed by atoms with van der Waals surface area (Å²) in [6, 6.07) is 0. The molecule has 0 aliphatic heterocycles. The summed E-state index contributed by atoms with van der Waals surface area (Å²) in [6.45, 7) is 4.37. The zero-order valence-electron chi connectivity index (χ0n) is 6.27. The van der Waals surface area contributed by atoms with Crippen LogP contribution >= 0.6 is 0 Å². The van der Waals surface area contributed by atoms with Gasteiger partial charge in [0.05, 0.1) is 0 Å². The number of rotatable bonds is 2. The highest BCUT2D eigenvalue weighted by atomic mass is 16.4. The number of carboxylic acid groups (broad SMARTS) is 1. The topological polar surface area (TPSA) is 49.3 Å². The maximum Gasteiger partial charge on any atom is 0.300 e. The maximum absolute atomic E-state index is 9.00. The van der Waals surface area contributed by atoms with E-state index in [4.69, 9.17) is 9.90 Å². The van der Waals surface area contributed by atoms with E-state index in [0.717, 1.165) is 13.5 Å². The molecule has 0 saturated heterocycles. The van der Waals surface area contributed by atoms with Crippen molar-refractivity contribution in [2.75, 3.05) is 13.6 Å². The molecule has 0 amide bonds. The number of nitrogens with one attached hydrogen (secondary N) is 1. The van der Waals surface area contributed by atoms with E-state index in [0.29, 0.717) is 0 Å². The van der Waals surface area contributed by atoms with Crippen molar-refractivity contribution in [2.24, 2.45) is 0 Å². The summed E-state index contributed by atoms with van der Waals surface area (Å²) >= 11 is 0. The molecule has 0 aromatic rings. The van der Waals surface area contributed by atoms with Gasteiger partial charge in [-0.25, -0.2) is 0 Å². The SMILES string of the molecule is CC(=O)O.CCCNC. The van der Waals surface area contributed by atoms with Crippen LogP contribution in [0.1, 0.15) is 20.3 Å². The molecule has 9 heavy (non-hydrogen) atoms. The molecule has 0 atom stereocenters. The van der Waals surface area contributed by atoms with Crippen molar-refractivity contribution < 1.29 is 9.90 Å². The molecule has 0 aromatic carbocycles. The van der Waals surface area contributed by atoms with Gasteiger partial charge in [0.2, 0.25) is 0 Å². The minimum Gasteiger partial charge on any atom is -0.481 e. The Morgan fingerprint density at radius 2 is 2.00 bits per heavy atom. The third-order valence-electron chi connectivity index (χ3n) is 0.500. The predicted octanol–water partition coefficient (Wildman–Crippen LogP) is 0.707. The lowest BCUT2D eigenvalue weighted by atomic mass is 10.5. The highest BCUT2D eigenvalue weighted by Gasteiger charge is 1.65. The van der Waals surface area contributed by atoms with Crippen molar-refractivity contribution in [1.29, 1.82) is 0 Å². The van der Waals surface area contributed by atoms with Gasteiger partial charge in [0.1, 0.15) is 0 Å². The minimum atomic E-state index is -0.833. The van der Waals surface area contributed by atoms with Crippen molar-refractivity contribution in [3.05, 3.63) is 0 Å². The number of hydrogen-bond donors (Lipinski definition) is 2. The first-order valence-electron chi connectivity index (χ1n) is 2.99. The van der Waals surface area contributed by atoms with Gasteiger partial charge in [0.25, 0.3) is 5.97 Å². The second-order valence-corrected chi connectivity index (χ2v) is 1.62. The predicted molar refractivity (Wildman–Crippen MR) is 37.5 cm³/mol. The van der Waals surface area contributed by atoms with Gasteiger partial charge in [-0.1, -0.05) is 6.92 Å². The first-order chi connectivity index (χ1) is 4.15. The molecule has 3 heteroatoms. The molecule has 0 aromatic heterocycles. The smallest absolute Gasteiger partial charge is 0.300 e. The van der Waals surface area contributed by atoms with Gasteiger partial charge in [-0.2, -0.15) is 0 Å². The molecule has 2 N–H and O–H groups in total. The van der Waals surface area contributed by atoms with Crippen LogP contribution in [0.3, 0.4) is 0 Å². The van der Waals surface area contributed by atoms with E-state index < -0.39 is 5.97 Å². The van der Waals surface area contributed by atoms with Crippen LogP contribution in [0.4, 0.5) is 0 Å². The van der Waals surface area contributed by atoms with E-state index in [1.54, 1.807) is 0 Å². The van der Waals surface area contributed by atoms with Gasteiger partial charge in [0, 0.05) is 6.92 Å². The number of hydrogen-bond acceptors (Lipinski definition) is 2. The van der Waals surface area contributed by atoms with Gasteiger partial charge in [-0.15, -0.1) is 0 Å². The van der Waals surface area contributed by atoms with E-state index in [-0.39, 0.29) is 0 Å².